The molecule has 0 saturated carbocycles. The highest BCUT2D eigenvalue weighted by Gasteiger charge is 2.24. The lowest BCUT2D eigenvalue weighted by atomic mass is 9.98. The molecule has 4 nitrogen and oxygen atoms in total. The van der Waals surface area contributed by atoms with E-state index < -0.39 is 6.10 Å². The molecule has 1 saturated heterocycles. The van der Waals surface area contributed by atoms with E-state index in [0.29, 0.717) is 0 Å². The highest BCUT2D eigenvalue weighted by molar-refractivity contribution is 5.07. The molecule has 0 unspecified atom stereocenters. The molecule has 0 radical (unpaired) electrons. The number of piperidine rings is 1. The van der Waals surface area contributed by atoms with Crippen molar-refractivity contribution in [2.45, 2.75) is 31.4 Å². The SMILES string of the molecule is Cn1nccc1[C@@H](O)[C@@H]1CCCCN1. The van der Waals surface area contributed by atoms with Crippen LogP contribution < -0.4 is 5.32 Å². The van der Waals surface area contributed by atoms with Gasteiger partial charge in [-0.05, 0) is 25.5 Å². The Labute approximate surface area is 83.9 Å². The number of aromatic nitrogens is 2. The zero-order chi connectivity index (χ0) is 9.97. The van der Waals surface area contributed by atoms with Gasteiger partial charge in [0, 0.05) is 19.3 Å². The molecular weight excluding hydrogens is 178 g/mol. The van der Waals surface area contributed by atoms with Crippen LogP contribution in [0.25, 0.3) is 0 Å². The van der Waals surface area contributed by atoms with Gasteiger partial charge in [0.1, 0.15) is 6.10 Å². The number of aryl methyl sites for hydroxylation is 1. The van der Waals surface area contributed by atoms with Crippen molar-refractivity contribution in [3.63, 3.8) is 0 Å². The van der Waals surface area contributed by atoms with Crippen LogP contribution in [-0.2, 0) is 7.05 Å². The Morgan fingerprint density at radius 3 is 3.07 bits per heavy atom. The van der Waals surface area contributed by atoms with Crippen molar-refractivity contribution in [2.75, 3.05) is 6.54 Å². The Morgan fingerprint density at radius 2 is 2.50 bits per heavy atom. The van der Waals surface area contributed by atoms with Gasteiger partial charge in [0.05, 0.1) is 5.69 Å². The van der Waals surface area contributed by atoms with Crippen molar-refractivity contribution < 1.29 is 5.11 Å². The molecule has 1 aromatic heterocycles. The first-order chi connectivity index (χ1) is 6.79. The molecule has 1 aliphatic rings. The lowest BCUT2D eigenvalue weighted by Crippen LogP contribution is -2.39. The number of hydrogen-bond donors (Lipinski definition) is 2. The van der Waals surface area contributed by atoms with Gasteiger partial charge in [-0.2, -0.15) is 5.10 Å². The molecule has 1 aromatic rings. The second kappa shape index (κ2) is 4.11. The van der Waals surface area contributed by atoms with Crippen LogP contribution in [0.15, 0.2) is 12.3 Å². The molecule has 2 heterocycles. The Balaban J connectivity index is 2.07. The number of nitrogens with one attached hydrogen (secondary N) is 1. The van der Waals surface area contributed by atoms with E-state index in [1.807, 2.05) is 13.1 Å². The molecule has 1 aliphatic heterocycles. The van der Waals surface area contributed by atoms with Crippen molar-refractivity contribution in [3.8, 4) is 0 Å². The van der Waals surface area contributed by atoms with Crippen LogP contribution in [0, 0.1) is 0 Å². The van der Waals surface area contributed by atoms with Crippen LogP contribution >= 0.6 is 0 Å². The number of rotatable bonds is 2. The molecule has 0 aliphatic carbocycles. The maximum atomic E-state index is 10.1. The molecule has 2 rings (SSSR count). The minimum Gasteiger partial charge on any atom is -0.385 e. The van der Waals surface area contributed by atoms with Crippen LogP contribution in [-0.4, -0.2) is 27.5 Å². The van der Waals surface area contributed by atoms with Crippen LogP contribution in [0.1, 0.15) is 31.1 Å². The minimum absolute atomic E-state index is 0.194. The Hall–Kier alpha value is -0.870. The number of nitrogens with zero attached hydrogens (tertiary/aromatic N) is 2. The van der Waals surface area contributed by atoms with Crippen LogP contribution in [0.5, 0.6) is 0 Å². The van der Waals surface area contributed by atoms with Crippen LogP contribution in [0.2, 0.25) is 0 Å². The standard InChI is InChI=1S/C10H17N3O/c1-13-9(5-7-12-13)10(14)8-4-2-3-6-11-8/h5,7-8,10-11,14H,2-4,6H2,1H3/t8-,10-/m0/s1. The zero-order valence-corrected chi connectivity index (χ0v) is 8.48. The van der Waals surface area contributed by atoms with Gasteiger partial charge >= 0.3 is 0 Å². The molecule has 4 heteroatoms. The second-order valence-electron chi connectivity index (χ2n) is 3.88. The average molecular weight is 195 g/mol. The molecule has 78 valence electrons. The van der Waals surface area contributed by atoms with Gasteiger partial charge in [0.2, 0.25) is 0 Å². The van der Waals surface area contributed by atoms with Crippen molar-refractivity contribution >= 4 is 0 Å². The van der Waals surface area contributed by atoms with E-state index in [0.717, 1.165) is 18.7 Å². The van der Waals surface area contributed by atoms with Gasteiger partial charge in [-0.25, -0.2) is 0 Å². The topological polar surface area (TPSA) is 50.1 Å². The fourth-order valence-corrected chi connectivity index (χ4v) is 2.03. The van der Waals surface area contributed by atoms with Gasteiger partial charge < -0.3 is 10.4 Å². The fourth-order valence-electron chi connectivity index (χ4n) is 2.03. The highest BCUT2D eigenvalue weighted by Crippen LogP contribution is 2.21. The summed E-state index contributed by atoms with van der Waals surface area (Å²) in [5.41, 5.74) is 0.893. The molecular formula is C10H17N3O. The average Bonchev–Trinajstić information content (AvgIpc) is 2.65. The number of aliphatic hydroxyl groups is 1. The highest BCUT2D eigenvalue weighted by atomic mass is 16.3. The van der Waals surface area contributed by atoms with Crippen LogP contribution in [0.4, 0.5) is 0 Å². The monoisotopic (exact) mass is 195 g/mol. The normalized spacial score (nSPS) is 24.9. The Kier molecular flexibility index (Phi) is 2.84. The van der Waals surface area contributed by atoms with Crippen LogP contribution in [0.3, 0.4) is 0 Å². The molecule has 0 aromatic carbocycles. The number of hydrogen-bond acceptors (Lipinski definition) is 3. The molecule has 0 spiro atoms. The lowest BCUT2D eigenvalue weighted by molar-refractivity contribution is 0.106. The van der Waals surface area contributed by atoms with Crippen molar-refractivity contribution in [1.29, 1.82) is 0 Å². The van der Waals surface area contributed by atoms with Gasteiger partial charge in [-0.15, -0.1) is 0 Å². The summed E-state index contributed by atoms with van der Waals surface area (Å²) in [6.45, 7) is 1.01. The van der Waals surface area contributed by atoms with Gasteiger partial charge in [-0.3, -0.25) is 4.68 Å². The van der Waals surface area contributed by atoms with Crippen molar-refractivity contribution in [3.05, 3.63) is 18.0 Å². The lowest BCUT2D eigenvalue weighted by Gasteiger charge is -2.27. The first-order valence-corrected chi connectivity index (χ1v) is 5.18. The predicted octanol–water partition coefficient (Wildman–Crippen LogP) is 0.596. The third-order valence-corrected chi connectivity index (χ3v) is 2.89. The second-order valence-corrected chi connectivity index (χ2v) is 3.88. The maximum absolute atomic E-state index is 10.1. The zero-order valence-electron chi connectivity index (χ0n) is 8.48. The van der Waals surface area contributed by atoms with Gasteiger partial charge in [0.25, 0.3) is 0 Å². The molecule has 2 N–H and O–H groups in total. The third-order valence-electron chi connectivity index (χ3n) is 2.89. The van der Waals surface area contributed by atoms with E-state index >= 15 is 0 Å². The summed E-state index contributed by atoms with van der Waals surface area (Å²) in [6, 6.07) is 2.07. The summed E-state index contributed by atoms with van der Waals surface area (Å²) in [5.74, 6) is 0. The minimum atomic E-state index is -0.428. The quantitative estimate of drug-likeness (QED) is 0.726. The summed E-state index contributed by atoms with van der Waals surface area (Å²) in [6.07, 6.45) is 4.76. The number of aliphatic hydroxyl groups excluding tert-OH is 1. The fraction of sp³-hybridized carbons (Fsp3) is 0.700. The van der Waals surface area contributed by atoms with Crippen molar-refractivity contribution in [1.82, 2.24) is 15.1 Å². The van der Waals surface area contributed by atoms with E-state index in [1.54, 1.807) is 10.9 Å². The first-order valence-electron chi connectivity index (χ1n) is 5.18. The van der Waals surface area contributed by atoms with E-state index in [2.05, 4.69) is 10.4 Å². The summed E-state index contributed by atoms with van der Waals surface area (Å²) in [4.78, 5) is 0. The van der Waals surface area contributed by atoms with E-state index in [9.17, 15) is 5.11 Å². The smallest absolute Gasteiger partial charge is 0.111 e. The van der Waals surface area contributed by atoms with E-state index in [4.69, 9.17) is 0 Å². The van der Waals surface area contributed by atoms with Crippen molar-refractivity contribution in [2.24, 2.45) is 7.05 Å². The first kappa shape index (κ1) is 9.68. The molecule has 0 amide bonds. The van der Waals surface area contributed by atoms with Gasteiger partial charge in [0.15, 0.2) is 0 Å². The largest absolute Gasteiger partial charge is 0.385 e. The summed E-state index contributed by atoms with van der Waals surface area (Å²) in [7, 11) is 1.86. The predicted molar refractivity (Wildman–Crippen MR) is 53.8 cm³/mol. The summed E-state index contributed by atoms with van der Waals surface area (Å²) < 4.78 is 1.74. The Morgan fingerprint density at radius 1 is 1.64 bits per heavy atom. The maximum Gasteiger partial charge on any atom is 0.111 e. The third kappa shape index (κ3) is 1.81. The van der Waals surface area contributed by atoms with Gasteiger partial charge in [-0.1, -0.05) is 6.42 Å². The molecule has 14 heavy (non-hydrogen) atoms. The van der Waals surface area contributed by atoms with E-state index in [-0.39, 0.29) is 6.04 Å². The molecule has 2 atom stereocenters. The summed E-state index contributed by atoms with van der Waals surface area (Å²) >= 11 is 0. The van der Waals surface area contributed by atoms with E-state index in [1.165, 1.54) is 12.8 Å². The Bertz CT molecular complexity index is 291. The summed E-state index contributed by atoms with van der Waals surface area (Å²) in [5, 5.41) is 17.5. The molecule has 0 bridgehead atoms. The molecule has 1 fully saturated rings.